The summed E-state index contributed by atoms with van der Waals surface area (Å²) in [7, 11) is -1.90. The van der Waals surface area contributed by atoms with Crippen LogP contribution in [0.15, 0.2) is 42.5 Å². The van der Waals surface area contributed by atoms with Gasteiger partial charge >= 0.3 is 23.9 Å². The van der Waals surface area contributed by atoms with Crippen molar-refractivity contribution in [2.45, 2.75) is 123 Å². The van der Waals surface area contributed by atoms with E-state index in [4.69, 9.17) is 23.7 Å². The molecule has 1 saturated heterocycles. The predicted molar refractivity (Wildman–Crippen MR) is 184 cm³/mol. The highest BCUT2D eigenvalue weighted by Crippen LogP contribution is 2.41. The molecule has 0 N–H and O–H groups in total. The summed E-state index contributed by atoms with van der Waals surface area (Å²) in [5.74, 6) is 0.201. The normalized spacial score (nSPS) is 20.7. The van der Waals surface area contributed by atoms with E-state index in [1.54, 1.807) is 6.07 Å². The Morgan fingerprint density at radius 1 is 0.755 bits per heavy atom. The fourth-order valence-electron chi connectivity index (χ4n) is 6.94. The van der Waals surface area contributed by atoms with Crippen molar-refractivity contribution in [3.8, 4) is 11.5 Å². The van der Waals surface area contributed by atoms with Crippen LogP contribution in [-0.4, -0.2) is 63.0 Å². The first-order valence-corrected chi connectivity index (χ1v) is 18.9. The Kier molecular flexibility index (Phi) is 13.7. The fraction of sp³-hybridized carbons (Fsp3) is 0.526. The van der Waals surface area contributed by atoms with Gasteiger partial charge in [-0.3, -0.25) is 19.2 Å². The Morgan fingerprint density at radius 2 is 1.29 bits per heavy atom. The van der Waals surface area contributed by atoms with Crippen LogP contribution < -0.4 is 0 Å². The molecule has 9 nitrogen and oxygen atoms in total. The number of ether oxygens (including phenoxy) is 5. The molecule has 11 heteroatoms. The highest BCUT2D eigenvalue weighted by Gasteiger charge is 2.52. The molecule has 1 unspecified atom stereocenters. The minimum absolute atomic E-state index is 0.237. The predicted octanol–water partition coefficient (Wildman–Crippen LogP) is 6.78. The molecule has 5 atom stereocenters. The average molecular weight is 697 g/mol. The lowest BCUT2D eigenvalue weighted by atomic mass is 9.89. The van der Waals surface area contributed by atoms with Gasteiger partial charge in [0.1, 0.15) is 32.7 Å². The average Bonchev–Trinajstić information content (AvgIpc) is 2.99. The molecule has 0 bridgehead atoms. The molecule has 0 spiro atoms. The Labute approximate surface area is 290 Å². The van der Waals surface area contributed by atoms with Crippen LogP contribution in [0.4, 0.5) is 4.39 Å². The third kappa shape index (κ3) is 10.0. The van der Waals surface area contributed by atoms with E-state index in [9.17, 15) is 19.2 Å². The Hall–Kier alpha value is -4.01. The van der Waals surface area contributed by atoms with Gasteiger partial charge in [0.15, 0.2) is 18.3 Å². The van der Waals surface area contributed by atoms with E-state index in [1.165, 1.54) is 26.0 Å². The van der Waals surface area contributed by atoms with Crippen LogP contribution in [0.5, 0.6) is 0 Å². The highest BCUT2D eigenvalue weighted by molar-refractivity contribution is 6.90. The summed E-state index contributed by atoms with van der Waals surface area (Å²) in [6, 6.07) is 12.1. The third-order valence-electron chi connectivity index (χ3n) is 9.03. The van der Waals surface area contributed by atoms with Crippen LogP contribution in [0.1, 0.15) is 97.6 Å². The maximum Gasteiger partial charge on any atom is 0.303 e. The van der Waals surface area contributed by atoms with Gasteiger partial charge in [-0.25, -0.2) is 4.39 Å². The minimum atomic E-state index is -1.90. The first-order chi connectivity index (χ1) is 23.0. The first kappa shape index (κ1) is 39.4. The highest BCUT2D eigenvalue weighted by atomic mass is 28.3. The molecule has 1 heterocycles. The van der Waals surface area contributed by atoms with Gasteiger partial charge in [0.2, 0.25) is 0 Å². The van der Waals surface area contributed by atoms with Crippen molar-refractivity contribution in [2.75, 3.05) is 6.61 Å². The molecule has 0 radical (unpaired) electrons. The smallest absolute Gasteiger partial charge is 0.303 e. The quantitative estimate of drug-likeness (QED) is 0.109. The molecular formula is C38H49FO9Si. The summed E-state index contributed by atoms with van der Waals surface area (Å²) < 4.78 is 43.4. The number of hydrogen-bond donors (Lipinski definition) is 0. The summed E-state index contributed by atoms with van der Waals surface area (Å²) in [5.41, 5.74) is 7.76. The van der Waals surface area contributed by atoms with Crippen LogP contribution in [0, 0.1) is 17.3 Å². The number of carbonyl (C=O) groups is 4. The van der Waals surface area contributed by atoms with Gasteiger partial charge in [-0.05, 0) is 57.6 Å². The maximum absolute atomic E-state index is 15.3. The molecule has 1 fully saturated rings. The molecular weight excluding hydrogens is 647 g/mol. The largest absolute Gasteiger partial charge is 0.463 e. The third-order valence-corrected chi connectivity index (χ3v) is 15.3. The Balaban J connectivity index is 2.00. The van der Waals surface area contributed by atoms with Gasteiger partial charge in [0, 0.05) is 39.7 Å². The molecule has 1 aliphatic heterocycles. The van der Waals surface area contributed by atoms with Gasteiger partial charge in [0.25, 0.3) is 0 Å². The molecule has 2 aromatic carbocycles. The number of rotatable bonds is 11. The summed E-state index contributed by atoms with van der Waals surface area (Å²) in [6.07, 6.45) is -5.87. The molecule has 0 aliphatic carbocycles. The van der Waals surface area contributed by atoms with E-state index >= 15 is 4.39 Å². The molecule has 3 rings (SSSR count). The fourth-order valence-corrected chi connectivity index (χ4v) is 12.2. The van der Waals surface area contributed by atoms with Gasteiger partial charge in [-0.2, -0.15) is 0 Å². The second-order valence-corrected chi connectivity index (χ2v) is 19.1. The Bertz CT molecular complexity index is 1540. The second kappa shape index (κ2) is 17.1. The number of hydrogen-bond acceptors (Lipinski definition) is 9. The van der Waals surface area contributed by atoms with Gasteiger partial charge in [-0.15, -0.1) is 5.54 Å². The van der Waals surface area contributed by atoms with Crippen LogP contribution in [0.25, 0.3) is 0 Å². The summed E-state index contributed by atoms with van der Waals surface area (Å²) in [5, 5.41) is 0. The number of benzene rings is 2. The molecule has 266 valence electrons. The van der Waals surface area contributed by atoms with Crippen molar-refractivity contribution in [1.82, 2.24) is 0 Å². The van der Waals surface area contributed by atoms with Crippen molar-refractivity contribution in [2.24, 2.45) is 0 Å². The van der Waals surface area contributed by atoms with Crippen LogP contribution in [-0.2, 0) is 49.3 Å². The lowest BCUT2D eigenvalue weighted by Gasteiger charge is -2.44. The summed E-state index contributed by atoms with van der Waals surface area (Å²) >= 11 is 0. The first-order valence-electron chi connectivity index (χ1n) is 16.7. The van der Waals surface area contributed by atoms with E-state index in [0.717, 1.165) is 25.0 Å². The van der Waals surface area contributed by atoms with Crippen LogP contribution in [0.3, 0.4) is 0 Å². The number of esters is 4. The van der Waals surface area contributed by atoms with E-state index in [-0.39, 0.29) is 13.0 Å². The number of carbonyl (C=O) groups excluding carboxylic acids is 4. The summed E-state index contributed by atoms with van der Waals surface area (Å²) in [4.78, 5) is 48.2. The van der Waals surface area contributed by atoms with E-state index in [0.29, 0.717) is 27.8 Å². The van der Waals surface area contributed by atoms with Crippen molar-refractivity contribution < 1.29 is 47.3 Å². The molecule has 0 amide bonds. The summed E-state index contributed by atoms with van der Waals surface area (Å²) in [6.45, 7) is 18.0. The van der Waals surface area contributed by atoms with Gasteiger partial charge in [-0.1, -0.05) is 65.7 Å². The molecule has 1 aliphatic rings. The zero-order valence-corrected chi connectivity index (χ0v) is 31.1. The van der Waals surface area contributed by atoms with Gasteiger partial charge < -0.3 is 23.7 Å². The maximum atomic E-state index is 15.3. The van der Waals surface area contributed by atoms with Crippen LogP contribution >= 0.6 is 0 Å². The Morgan fingerprint density at radius 3 is 1.80 bits per heavy atom. The lowest BCUT2D eigenvalue weighted by Crippen LogP contribution is -2.59. The van der Waals surface area contributed by atoms with Crippen molar-refractivity contribution in [3.63, 3.8) is 0 Å². The zero-order valence-electron chi connectivity index (χ0n) is 30.1. The van der Waals surface area contributed by atoms with Gasteiger partial charge in [0.05, 0.1) is 0 Å². The zero-order chi connectivity index (χ0) is 36.6. The lowest BCUT2D eigenvalue weighted by molar-refractivity contribution is -0.254. The molecule has 0 saturated carbocycles. The topological polar surface area (TPSA) is 114 Å². The standard InChI is InChI=1S/C38H49FO9Si/c1-22(2)49(23(3)4,24(5)6)18-17-29-11-13-30(14-12-29)19-32-20-31(15-16-33(32)39)35-37(46-27(9)42)38(47-28(10)43)36(45-26(8)41)34(48-35)21-44-25(7)40/h11-16,20,22-24,34-38H,19,21H2,1-10H3/t34-,35?,36-,37+,38+/m1/s1. The van der Waals surface area contributed by atoms with Crippen molar-refractivity contribution in [1.29, 1.82) is 0 Å². The van der Waals surface area contributed by atoms with E-state index in [2.05, 4.69) is 53.0 Å². The monoisotopic (exact) mass is 696 g/mol. The van der Waals surface area contributed by atoms with E-state index < -0.39 is 68.3 Å². The SMILES string of the molecule is CC(=O)OC[C@H]1OC(c2ccc(F)c(Cc3ccc(C#C[Si](C(C)C)(C(C)C)C(C)C)cc3)c2)[C@H](OC(C)=O)[C@@H](OC(C)=O)[C@@H]1OC(C)=O. The number of halogens is 1. The van der Waals surface area contributed by atoms with Crippen molar-refractivity contribution in [3.05, 3.63) is 70.5 Å². The minimum Gasteiger partial charge on any atom is -0.463 e. The van der Waals surface area contributed by atoms with Crippen molar-refractivity contribution >= 4 is 32.0 Å². The molecule has 2 aromatic rings. The van der Waals surface area contributed by atoms with Crippen LogP contribution in [0.2, 0.25) is 16.6 Å². The second-order valence-electron chi connectivity index (χ2n) is 13.5. The molecule has 49 heavy (non-hydrogen) atoms. The molecule has 0 aromatic heterocycles. The van der Waals surface area contributed by atoms with E-state index in [1.807, 2.05) is 24.3 Å².